The number of carboxylic acid groups (broad SMARTS) is 1. The van der Waals surface area contributed by atoms with Gasteiger partial charge < -0.3 is 5.11 Å². The highest BCUT2D eigenvalue weighted by molar-refractivity contribution is 5.76. The van der Waals surface area contributed by atoms with Crippen LogP contribution in [0.1, 0.15) is 50.9 Å². The van der Waals surface area contributed by atoms with Crippen molar-refractivity contribution < 1.29 is 9.90 Å². The lowest BCUT2D eigenvalue weighted by atomic mass is 9.70. The first-order chi connectivity index (χ1) is 9.59. The van der Waals surface area contributed by atoms with Crippen molar-refractivity contribution in [2.24, 2.45) is 17.3 Å². The summed E-state index contributed by atoms with van der Waals surface area (Å²) in [6, 6.07) is 2.11. The molecule has 2 fully saturated rings. The van der Waals surface area contributed by atoms with Crippen LogP contribution < -0.4 is 0 Å². The zero-order valence-electron chi connectivity index (χ0n) is 12.4. The molecule has 1 aromatic rings. The number of carboxylic acids is 1. The van der Waals surface area contributed by atoms with Crippen molar-refractivity contribution in [3.63, 3.8) is 0 Å². The van der Waals surface area contributed by atoms with Gasteiger partial charge in [-0.15, -0.1) is 0 Å². The van der Waals surface area contributed by atoms with Crippen LogP contribution in [-0.4, -0.2) is 20.9 Å². The predicted octanol–water partition coefficient (Wildman–Crippen LogP) is 2.90. The van der Waals surface area contributed by atoms with Crippen LogP contribution in [-0.2, 0) is 24.2 Å². The first-order valence-electron chi connectivity index (χ1n) is 7.88. The zero-order chi connectivity index (χ0) is 14.3. The maximum Gasteiger partial charge on any atom is 0.310 e. The summed E-state index contributed by atoms with van der Waals surface area (Å²) < 4.78 is 2.00. The highest BCUT2D eigenvalue weighted by Gasteiger charge is 2.55. The number of rotatable bonds is 5. The molecule has 4 nitrogen and oxygen atoms in total. The summed E-state index contributed by atoms with van der Waals surface area (Å²) in [6.45, 7) is 4.99. The maximum atomic E-state index is 12.0. The number of aryl methyl sites for hydroxylation is 2. The van der Waals surface area contributed by atoms with E-state index in [1.807, 2.05) is 4.68 Å². The van der Waals surface area contributed by atoms with Crippen LogP contribution >= 0.6 is 0 Å². The smallest absolute Gasteiger partial charge is 0.310 e. The average molecular weight is 276 g/mol. The molecule has 2 aliphatic carbocycles. The van der Waals surface area contributed by atoms with Crippen molar-refractivity contribution >= 4 is 5.97 Å². The molecule has 2 bridgehead atoms. The highest BCUT2D eigenvalue weighted by atomic mass is 16.4. The van der Waals surface area contributed by atoms with E-state index >= 15 is 0 Å². The van der Waals surface area contributed by atoms with E-state index in [0.717, 1.165) is 43.6 Å². The lowest BCUT2D eigenvalue weighted by molar-refractivity contribution is -0.152. The van der Waals surface area contributed by atoms with E-state index in [9.17, 15) is 9.90 Å². The van der Waals surface area contributed by atoms with E-state index in [2.05, 4.69) is 25.0 Å². The van der Waals surface area contributed by atoms with E-state index < -0.39 is 11.4 Å². The average Bonchev–Trinajstić information content (AvgIpc) is 3.12. The molecular weight excluding hydrogens is 252 g/mol. The summed E-state index contributed by atoms with van der Waals surface area (Å²) in [7, 11) is 0. The molecule has 1 aromatic heterocycles. The van der Waals surface area contributed by atoms with Crippen molar-refractivity contribution in [2.75, 3.05) is 0 Å². The minimum atomic E-state index is -0.591. The molecule has 0 saturated heterocycles. The van der Waals surface area contributed by atoms with Crippen LogP contribution in [0.4, 0.5) is 0 Å². The van der Waals surface area contributed by atoms with Crippen LogP contribution in [0.5, 0.6) is 0 Å². The lowest BCUT2D eigenvalue weighted by Gasteiger charge is -2.33. The third-order valence-electron chi connectivity index (χ3n) is 5.47. The van der Waals surface area contributed by atoms with Gasteiger partial charge in [-0.1, -0.05) is 13.3 Å². The van der Waals surface area contributed by atoms with Crippen molar-refractivity contribution in [3.05, 3.63) is 17.5 Å². The summed E-state index contributed by atoms with van der Waals surface area (Å²) in [6.07, 6.45) is 5.87. The lowest BCUT2D eigenvalue weighted by Crippen LogP contribution is -2.39. The fourth-order valence-corrected chi connectivity index (χ4v) is 4.43. The second-order valence-corrected chi connectivity index (χ2v) is 6.51. The van der Waals surface area contributed by atoms with Gasteiger partial charge in [-0.3, -0.25) is 9.48 Å². The number of hydrogen-bond acceptors (Lipinski definition) is 2. The predicted molar refractivity (Wildman–Crippen MR) is 76.5 cm³/mol. The van der Waals surface area contributed by atoms with Crippen LogP contribution in [0, 0.1) is 17.3 Å². The molecule has 1 N–H and O–H groups in total. The van der Waals surface area contributed by atoms with E-state index in [-0.39, 0.29) is 0 Å². The SMILES string of the molecule is CCc1cc(CC2(C(=O)O)CC3CCC2C3)n(CC)n1. The molecule has 0 radical (unpaired) electrons. The van der Waals surface area contributed by atoms with Crippen molar-refractivity contribution in [3.8, 4) is 0 Å². The first kappa shape index (κ1) is 13.7. The Morgan fingerprint density at radius 1 is 1.50 bits per heavy atom. The molecule has 3 atom stereocenters. The number of fused-ring (bicyclic) bond motifs is 2. The van der Waals surface area contributed by atoms with E-state index in [1.165, 1.54) is 6.42 Å². The Morgan fingerprint density at radius 3 is 2.80 bits per heavy atom. The number of hydrogen-bond donors (Lipinski definition) is 1. The number of aliphatic carboxylic acids is 1. The molecule has 2 aliphatic rings. The fourth-order valence-electron chi connectivity index (χ4n) is 4.43. The Kier molecular flexibility index (Phi) is 3.35. The van der Waals surface area contributed by atoms with Crippen LogP contribution in [0.15, 0.2) is 6.07 Å². The third kappa shape index (κ3) is 1.97. The molecule has 3 rings (SSSR count). The second-order valence-electron chi connectivity index (χ2n) is 6.51. The van der Waals surface area contributed by atoms with E-state index in [1.54, 1.807) is 0 Å². The molecule has 3 unspecified atom stereocenters. The Labute approximate surface area is 120 Å². The van der Waals surface area contributed by atoms with Crippen LogP contribution in [0.3, 0.4) is 0 Å². The van der Waals surface area contributed by atoms with Crippen molar-refractivity contribution in [1.29, 1.82) is 0 Å². The van der Waals surface area contributed by atoms with Gasteiger partial charge in [0.2, 0.25) is 0 Å². The van der Waals surface area contributed by atoms with Crippen LogP contribution in [0.25, 0.3) is 0 Å². The first-order valence-corrected chi connectivity index (χ1v) is 7.88. The summed E-state index contributed by atoms with van der Waals surface area (Å²) in [5.74, 6) is 0.418. The Balaban J connectivity index is 1.91. The zero-order valence-corrected chi connectivity index (χ0v) is 12.4. The molecule has 110 valence electrons. The quantitative estimate of drug-likeness (QED) is 0.899. The Morgan fingerprint density at radius 2 is 2.30 bits per heavy atom. The minimum absolute atomic E-state index is 0.371. The highest BCUT2D eigenvalue weighted by Crippen LogP contribution is 2.57. The third-order valence-corrected chi connectivity index (χ3v) is 5.47. The van der Waals surface area contributed by atoms with Crippen LogP contribution in [0.2, 0.25) is 0 Å². The number of nitrogens with zero attached hydrogens (tertiary/aromatic N) is 2. The second kappa shape index (κ2) is 4.90. The van der Waals surface area contributed by atoms with Gasteiger partial charge in [0.15, 0.2) is 0 Å². The van der Waals surface area contributed by atoms with Gasteiger partial charge in [-0.05, 0) is 50.5 Å². The van der Waals surface area contributed by atoms with Crippen molar-refractivity contribution in [2.45, 2.75) is 58.9 Å². The molecular formula is C16H24N2O2. The topological polar surface area (TPSA) is 55.1 Å². The summed E-state index contributed by atoms with van der Waals surface area (Å²) in [4.78, 5) is 12.0. The van der Waals surface area contributed by atoms with Crippen molar-refractivity contribution in [1.82, 2.24) is 9.78 Å². The van der Waals surface area contributed by atoms with Gasteiger partial charge in [0.25, 0.3) is 0 Å². The van der Waals surface area contributed by atoms with Gasteiger partial charge in [-0.25, -0.2) is 0 Å². The molecule has 1 heterocycles. The van der Waals surface area contributed by atoms with Gasteiger partial charge in [0.1, 0.15) is 0 Å². The number of aromatic nitrogens is 2. The summed E-state index contributed by atoms with van der Waals surface area (Å²) in [5, 5.41) is 14.4. The van der Waals surface area contributed by atoms with E-state index in [0.29, 0.717) is 18.3 Å². The summed E-state index contributed by atoms with van der Waals surface area (Å²) in [5.41, 5.74) is 1.66. The molecule has 0 aliphatic heterocycles. The monoisotopic (exact) mass is 276 g/mol. The Bertz CT molecular complexity index is 523. The normalized spacial score (nSPS) is 31.9. The Hall–Kier alpha value is -1.32. The molecule has 20 heavy (non-hydrogen) atoms. The van der Waals surface area contributed by atoms with Gasteiger partial charge in [0.05, 0.1) is 11.1 Å². The molecule has 0 aromatic carbocycles. The fraction of sp³-hybridized carbons (Fsp3) is 0.750. The molecule has 0 spiro atoms. The molecule has 0 amide bonds. The largest absolute Gasteiger partial charge is 0.481 e. The summed E-state index contributed by atoms with van der Waals surface area (Å²) >= 11 is 0. The van der Waals surface area contributed by atoms with Gasteiger partial charge in [-0.2, -0.15) is 5.10 Å². The minimum Gasteiger partial charge on any atom is -0.481 e. The van der Waals surface area contributed by atoms with Gasteiger partial charge >= 0.3 is 5.97 Å². The molecule has 4 heteroatoms. The van der Waals surface area contributed by atoms with E-state index in [4.69, 9.17) is 0 Å². The maximum absolute atomic E-state index is 12.0. The standard InChI is InChI=1S/C16H24N2O2/c1-3-13-8-14(18(4-2)17-13)10-16(15(19)20)9-11-5-6-12(16)7-11/h8,11-12H,3-7,9-10H2,1-2H3,(H,19,20). The van der Waals surface area contributed by atoms with Gasteiger partial charge in [0, 0.05) is 18.7 Å². The number of carbonyl (C=O) groups is 1. The molecule has 2 saturated carbocycles.